The second kappa shape index (κ2) is 4.95. The minimum Gasteiger partial charge on any atom is -0.325 e. The predicted octanol–water partition coefficient (Wildman–Crippen LogP) is 3.93. The molecule has 1 aromatic rings. The van der Waals surface area contributed by atoms with Crippen LogP contribution >= 0.6 is 11.6 Å². The monoisotopic (exact) mass is 255 g/mol. The van der Waals surface area contributed by atoms with Crippen molar-refractivity contribution in [2.75, 3.05) is 0 Å². The van der Waals surface area contributed by atoms with Gasteiger partial charge in [0.25, 0.3) is 0 Å². The number of rotatable bonds is 2. The lowest BCUT2D eigenvalue weighted by atomic mass is 9.74. The van der Waals surface area contributed by atoms with Gasteiger partial charge in [0.05, 0.1) is 0 Å². The molecule has 1 aliphatic carbocycles. The van der Waals surface area contributed by atoms with E-state index in [0.717, 1.165) is 24.8 Å². The third-order valence-electron chi connectivity index (χ3n) is 3.68. The van der Waals surface area contributed by atoms with Gasteiger partial charge < -0.3 is 5.73 Å². The van der Waals surface area contributed by atoms with Crippen molar-refractivity contribution >= 4 is 11.6 Å². The highest BCUT2D eigenvalue weighted by atomic mass is 35.5. The van der Waals surface area contributed by atoms with Crippen LogP contribution in [0.1, 0.15) is 38.2 Å². The number of nitrogens with two attached hydrogens (primary N) is 1. The summed E-state index contributed by atoms with van der Waals surface area (Å²) in [6, 6.07) is 4.58. The fourth-order valence-corrected chi connectivity index (χ4v) is 3.14. The zero-order valence-corrected chi connectivity index (χ0v) is 10.9. The van der Waals surface area contributed by atoms with Crippen molar-refractivity contribution in [2.24, 2.45) is 11.7 Å². The van der Waals surface area contributed by atoms with Gasteiger partial charge in [0.2, 0.25) is 0 Å². The normalized spacial score (nSPS) is 29.3. The topological polar surface area (TPSA) is 26.0 Å². The van der Waals surface area contributed by atoms with Crippen molar-refractivity contribution in [3.05, 3.63) is 34.6 Å². The van der Waals surface area contributed by atoms with Crippen molar-refractivity contribution in [2.45, 2.75) is 44.6 Å². The summed E-state index contributed by atoms with van der Waals surface area (Å²) in [5.74, 6) is 0.384. The van der Waals surface area contributed by atoms with Crippen LogP contribution in [-0.4, -0.2) is 5.54 Å². The molecular formula is C14H19ClFN. The van der Waals surface area contributed by atoms with Gasteiger partial charge in [0.15, 0.2) is 0 Å². The molecule has 2 rings (SSSR count). The smallest absolute Gasteiger partial charge is 0.124 e. The number of benzene rings is 1. The molecule has 0 bridgehead atoms. The third-order valence-corrected chi connectivity index (χ3v) is 4.04. The van der Waals surface area contributed by atoms with E-state index in [9.17, 15) is 4.39 Å². The predicted molar refractivity (Wildman–Crippen MR) is 69.7 cm³/mol. The van der Waals surface area contributed by atoms with E-state index in [2.05, 4.69) is 6.92 Å². The number of hydrogen-bond donors (Lipinski definition) is 1. The molecule has 2 unspecified atom stereocenters. The van der Waals surface area contributed by atoms with Gasteiger partial charge in [-0.3, -0.25) is 0 Å². The van der Waals surface area contributed by atoms with Crippen LogP contribution in [0.25, 0.3) is 0 Å². The highest BCUT2D eigenvalue weighted by molar-refractivity contribution is 6.31. The molecule has 0 radical (unpaired) electrons. The fourth-order valence-electron chi connectivity index (χ4n) is 2.91. The van der Waals surface area contributed by atoms with Crippen LogP contribution in [0.2, 0.25) is 5.02 Å². The van der Waals surface area contributed by atoms with E-state index in [4.69, 9.17) is 17.3 Å². The van der Waals surface area contributed by atoms with E-state index in [1.807, 2.05) is 0 Å². The van der Waals surface area contributed by atoms with Crippen LogP contribution in [0, 0.1) is 11.7 Å². The van der Waals surface area contributed by atoms with E-state index in [0.29, 0.717) is 10.9 Å². The molecule has 0 spiro atoms. The summed E-state index contributed by atoms with van der Waals surface area (Å²) in [7, 11) is 0. The maximum Gasteiger partial charge on any atom is 0.124 e. The van der Waals surface area contributed by atoms with Gasteiger partial charge in [-0.15, -0.1) is 0 Å². The van der Waals surface area contributed by atoms with Gasteiger partial charge in [-0.2, -0.15) is 0 Å². The molecule has 1 fully saturated rings. The van der Waals surface area contributed by atoms with E-state index >= 15 is 0 Å². The van der Waals surface area contributed by atoms with Gasteiger partial charge >= 0.3 is 0 Å². The zero-order chi connectivity index (χ0) is 12.5. The van der Waals surface area contributed by atoms with Crippen molar-refractivity contribution in [3.63, 3.8) is 0 Å². The Balaban J connectivity index is 2.14. The minimum atomic E-state index is -0.290. The van der Waals surface area contributed by atoms with E-state index in [1.165, 1.54) is 25.0 Å². The molecule has 1 aromatic carbocycles. The first-order chi connectivity index (χ1) is 7.98. The average Bonchev–Trinajstić information content (AvgIpc) is 2.22. The van der Waals surface area contributed by atoms with Gasteiger partial charge in [-0.1, -0.05) is 37.4 Å². The van der Waals surface area contributed by atoms with Crippen LogP contribution < -0.4 is 5.73 Å². The molecule has 1 saturated carbocycles. The van der Waals surface area contributed by atoms with E-state index in [1.54, 1.807) is 6.07 Å². The molecule has 94 valence electrons. The fraction of sp³-hybridized carbons (Fsp3) is 0.571. The molecule has 0 aliphatic heterocycles. The Hall–Kier alpha value is -0.600. The summed E-state index contributed by atoms with van der Waals surface area (Å²) < 4.78 is 13.0. The van der Waals surface area contributed by atoms with Crippen LogP contribution in [0.5, 0.6) is 0 Å². The number of hydrogen-bond acceptors (Lipinski definition) is 1. The molecule has 2 atom stereocenters. The van der Waals surface area contributed by atoms with Crippen LogP contribution in [0.15, 0.2) is 18.2 Å². The summed E-state index contributed by atoms with van der Waals surface area (Å²) in [5, 5.41) is 0.494. The van der Waals surface area contributed by atoms with Crippen LogP contribution in [0.4, 0.5) is 4.39 Å². The Bertz CT molecular complexity index is 407. The van der Waals surface area contributed by atoms with Crippen molar-refractivity contribution < 1.29 is 4.39 Å². The van der Waals surface area contributed by atoms with Crippen molar-refractivity contribution in [1.82, 2.24) is 0 Å². The molecule has 1 nitrogen and oxygen atoms in total. The second-order valence-electron chi connectivity index (χ2n) is 5.48. The quantitative estimate of drug-likeness (QED) is 0.851. The first-order valence-electron chi connectivity index (χ1n) is 6.21. The average molecular weight is 256 g/mol. The molecule has 0 heterocycles. The summed E-state index contributed by atoms with van der Waals surface area (Å²) in [4.78, 5) is 0. The SMILES string of the molecule is CC1CCCC(N)(Cc2ccc(F)cc2Cl)C1. The Kier molecular flexibility index (Phi) is 3.74. The van der Waals surface area contributed by atoms with Gasteiger partial charge in [0, 0.05) is 10.6 Å². The van der Waals surface area contributed by atoms with Crippen LogP contribution in [0.3, 0.4) is 0 Å². The molecule has 17 heavy (non-hydrogen) atoms. The summed E-state index contributed by atoms with van der Waals surface area (Å²) in [6.07, 6.45) is 5.24. The Labute approximate surface area is 107 Å². The maximum atomic E-state index is 13.0. The van der Waals surface area contributed by atoms with E-state index in [-0.39, 0.29) is 11.4 Å². The summed E-state index contributed by atoms with van der Waals surface area (Å²) >= 11 is 6.05. The summed E-state index contributed by atoms with van der Waals surface area (Å²) in [6.45, 7) is 2.24. The van der Waals surface area contributed by atoms with Crippen molar-refractivity contribution in [1.29, 1.82) is 0 Å². The highest BCUT2D eigenvalue weighted by Gasteiger charge is 2.31. The lowest BCUT2D eigenvalue weighted by molar-refractivity contribution is 0.235. The number of halogens is 2. The lowest BCUT2D eigenvalue weighted by Gasteiger charge is -2.37. The molecule has 2 N–H and O–H groups in total. The zero-order valence-electron chi connectivity index (χ0n) is 10.2. The van der Waals surface area contributed by atoms with Gasteiger partial charge in [0.1, 0.15) is 5.82 Å². The van der Waals surface area contributed by atoms with Crippen molar-refractivity contribution in [3.8, 4) is 0 Å². The second-order valence-corrected chi connectivity index (χ2v) is 5.88. The Morgan fingerprint density at radius 1 is 1.53 bits per heavy atom. The molecule has 0 amide bonds. The largest absolute Gasteiger partial charge is 0.325 e. The molecule has 0 saturated heterocycles. The Morgan fingerprint density at radius 2 is 2.29 bits per heavy atom. The third kappa shape index (κ3) is 3.20. The van der Waals surface area contributed by atoms with E-state index < -0.39 is 0 Å². The summed E-state index contributed by atoms with van der Waals surface area (Å²) in [5.41, 5.74) is 7.23. The maximum absolute atomic E-state index is 13.0. The molecule has 1 aliphatic rings. The standard InChI is InChI=1S/C14H19ClFN/c1-10-3-2-6-14(17,8-10)9-11-4-5-12(16)7-13(11)15/h4-5,7,10H,2-3,6,8-9,17H2,1H3. The molecule has 3 heteroatoms. The van der Waals surface area contributed by atoms with Crippen LogP contribution in [-0.2, 0) is 6.42 Å². The highest BCUT2D eigenvalue weighted by Crippen LogP contribution is 2.34. The van der Waals surface area contributed by atoms with Gasteiger partial charge in [-0.05, 0) is 42.9 Å². The van der Waals surface area contributed by atoms with Gasteiger partial charge in [-0.25, -0.2) is 4.39 Å². The molecule has 0 aromatic heterocycles. The Morgan fingerprint density at radius 3 is 2.94 bits per heavy atom. The first-order valence-corrected chi connectivity index (χ1v) is 6.59. The lowest BCUT2D eigenvalue weighted by Crippen LogP contribution is -2.45. The molecular weight excluding hydrogens is 237 g/mol. The minimum absolute atomic E-state index is 0.168. The first kappa shape index (κ1) is 12.8.